The molecule has 0 aromatic heterocycles. The van der Waals surface area contributed by atoms with E-state index in [-0.39, 0.29) is 12.6 Å². The lowest BCUT2D eigenvalue weighted by atomic mass is 10.2. The second-order valence-corrected chi connectivity index (χ2v) is 3.54. The molecule has 0 aromatic rings. The standard InChI is InChI=1S/C9H16F3NO/c10-9(11,12)4-6-13-5-3-8-2-1-7-14-8/h8,13H,1-7H2. The van der Waals surface area contributed by atoms with Gasteiger partial charge < -0.3 is 10.1 Å². The number of hydrogen-bond donors (Lipinski definition) is 1. The molecule has 1 N–H and O–H groups in total. The van der Waals surface area contributed by atoms with Gasteiger partial charge in [0.1, 0.15) is 0 Å². The molecule has 1 heterocycles. The van der Waals surface area contributed by atoms with Crippen molar-refractivity contribution in [3.05, 3.63) is 0 Å². The maximum absolute atomic E-state index is 11.7. The Morgan fingerprint density at radius 1 is 1.29 bits per heavy atom. The molecule has 0 amide bonds. The highest BCUT2D eigenvalue weighted by Crippen LogP contribution is 2.18. The highest BCUT2D eigenvalue weighted by atomic mass is 19.4. The molecule has 0 saturated carbocycles. The first-order chi connectivity index (χ1) is 6.58. The third kappa shape index (κ3) is 5.44. The van der Waals surface area contributed by atoms with Crippen LogP contribution in [0.2, 0.25) is 0 Å². The summed E-state index contributed by atoms with van der Waals surface area (Å²) >= 11 is 0. The molecule has 1 rings (SSSR count). The number of nitrogens with one attached hydrogen (secondary N) is 1. The molecular weight excluding hydrogens is 195 g/mol. The Bertz CT molecular complexity index is 155. The quantitative estimate of drug-likeness (QED) is 0.703. The van der Waals surface area contributed by atoms with E-state index in [0.29, 0.717) is 6.54 Å². The zero-order valence-electron chi connectivity index (χ0n) is 8.07. The van der Waals surface area contributed by atoms with Crippen LogP contribution in [0.15, 0.2) is 0 Å². The van der Waals surface area contributed by atoms with Crippen molar-refractivity contribution in [2.75, 3.05) is 19.7 Å². The number of rotatable bonds is 5. The summed E-state index contributed by atoms with van der Waals surface area (Å²) in [5, 5.41) is 2.77. The van der Waals surface area contributed by atoms with E-state index in [9.17, 15) is 13.2 Å². The maximum atomic E-state index is 11.7. The molecule has 14 heavy (non-hydrogen) atoms. The van der Waals surface area contributed by atoms with Crippen molar-refractivity contribution in [1.29, 1.82) is 0 Å². The van der Waals surface area contributed by atoms with Crippen molar-refractivity contribution in [2.45, 2.75) is 38.0 Å². The summed E-state index contributed by atoms with van der Waals surface area (Å²) in [6.45, 7) is 1.42. The number of ether oxygens (including phenoxy) is 1. The largest absolute Gasteiger partial charge is 0.390 e. The van der Waals surface area contributed by atoms with E-state index < -0.39 is 12.6 Å². The van der Waals surface area contributed by atoms with Gasteiger partial charge >= 0.3 is 6.18 Å². The van der Waals surface area contributed by atoms with Gasteiger partial charge in [-0.2, -0.15) is 13.2 Å². The lowest BCUT2D eigenvalue weighted by Gasteiger charge is -2.10. The first-order valence-electron chi connectivity index (χ1n) is 4.97. The Balaban J connectivity index is 1.89. The molecule has 0 bridgehead atoms. The molecule has 0 aliphatic carbocycles. The molecule has 1 aliphatic heterocycles. The highest BCUT2D eigenvalue weighted by molar-refractivity contribution is 4.66. The Labute approximate surface area is 81.8 Å². The van der Waals surface area contributed by atoms with Crippen molar-refractivity contribution in [3.63, 3.8) is 0 Å². The summed E-state index contributed by atoms with van der Waals surface area (Å²) in [4.78, 5) is 0. The normalized spacial score (nSPS) is 22.9. The third-order valence-electron chi connectivity index (χ3n) is 2.25. The molecule has 1 unspecified atom stereocenters. The maximum Gasteiger partial charge on any atom is 0.390 e. The third-order valence-corrected chi connectivity index (χ3v) is 2.25. The predicted molar refractivity (Wildman–Crippen MR) is 47.1 cm³/mol. The van der Waals surface area contributed by atoms with Gasteiger partial charge in [0.15, 0.2) is 0 Å². The molecule has 84 valence electrons. The van der Waals surface area contributed by atoms with E-state index >= 15 is 0 Å². The van der Waals surface area contributed by atoms with Gasteiger partial charge in [-0.05, 0) is 25.8 Å². The first kappa shape index (κ1) is 11.8. The molecule has 0 radical (unpaired) electrons. The van der Waals surface area contributed by atoms with Crippen LogP contribution in [0.1, 0.15) is 25.7 Å². The fourth-order valence-corrected chi connectivity index (χ4v) is 1.49. The van der Waals surface area contributed by atoms with Crippen LogP contribution in [0, 0.1) is 0 Å². The second kappa shape index (κ2) is 5.56. The fraction of sp³-hybridized carbons (Fsp3) is 1.00. The summed E-state index contributed by atoms with van der Waals surface area (Å²) in [7, 11) is 0. The monoisotopic (exact) mass is 211 g/mol. The molecule has 1 fully saturated rings. The molecule has 1 atom stereocenters. The lowest BCUT2D eigenvalue weighted by molar-refractivity contribution is -0.133. The topological polar surface area (TPSA) is 21.3 Å². The minimum Gasteiger partial charge on any atom is -0.378 e. The Hall–Kier alpha value is -0.290. The van der Waals surface area contributed by atoms with Gasteiger partial charge in [0.2, 0.25) is 0 Å². The van der Waals surface area contributed by atoms with Gasteiger partial charge in [0.25, 0.3) is 0 Å². The van der Waals surface area contributed by atoms with Crippen LogP contribution >= 0.6 is 0 Å². The highest BCUT2D eigenvalue weighted by Gasteiger charge is 2.25. The van der Waals surface area contributed by atoms with Crippen LogP contribution < -0.4 is 5.32 Å². The van der Waals surface area contributed by atoms with Gasteiger partial charge in [0.05, 0.1) is 12.5 Å². The van der Waals surface area contributed by atoms with Crippen molar-refractivity contribution >= 4 is 0 Å². The van der Waals surface area contributed by atoms with Crippen LogP contribution in [0.5, 0.6) is 0 Å². The number of alkyl halides is 3. The molecule has 0 spiro atoms. The van der Waals surface area contributed by atoms with E-state index in [4.69, 9.17) is 4.74 Å². The van der Waals surface area contributed by atoms with E-state index in [1.165, 1.54) is 0 Å². The first-order valence-corrected chi connectivity index (χ1v) is 4.97. The summed E-state index contributed by atoms with van der Waals surface area (Å²) in [5.41, 5.74) is 0. The molecule has 2 nitrogen and oxygen atoms in total. The van der Waals surface area contributed by atoms with Gasteiger partial charge in [-0.1, -0.05) is 0 Å². The molecule has 5 heteroatoms. The minimum atomic E-state index is -4.04. The van der Waals surface area contributed by atoms with Gasteiger partial charge in [-0.25, -0.2) is 0 Å². The van der Waals surface area contributed by atoms with Crippen molar-refractivity contribution in [1.82, 2.24) is 5.32 Å². The van der Waals surface area contributed by atoms with Gasteiger partial charge in [-0.15, -0.1) is 0 Å². The number of halogens is 3. The average molecular weight is 211 g/mol. The minimum absolute atomic E-state index is 0.0101. The second-order valence-electron chi connectivity index (χ2n) is 3.54. The fourth-order valence-electron chi connectivity index (χ4n) is 1.49. The van der Waals surface area contributed by atoms with Crippen LogP contribution in [0.4, 0.5) is 13.2 Å². The Morgan fingerprint density at radius 3 is 2.64 bits per heavy atom. The van der Waals surface area contributed by atoms with Crippen LogP contribution in [0.25, 0.3) is 0 Å². The van der Waals surface area contributed by atoms with E-state index in [0.717, 1.165) is 25.9 Å². The Morgan fingerprint density at radius 2 is 2.07 bits per heavy atom. The van der Waals surface area contributed by atoms with E-state index in [1.807, 2.05) is 0 Å². The van der Waals surface area contributed by atoms with Crippen molar-refractivity contribution < 1.29 is 17.9 Å². The lowest BCUT2D eigenvalue weighted by Crippen LogP contribution is -2.25. The Kier molecular flexibility index (Phi) is 4.68. The number of hydrogen-bond acceptors (Lipinski definition) is 2. The zero-order valence-corrected chi connectivity index (χ0v) is 8.07. The van der Waals surface area contributed by atoms with Crippen molar-refractivity contribution in [2.24, 2.45) is 0 Å². The molecule has 1 aliphatic rings. The smallest absolute Gasteiger partial charge is 0.378 e. The van der Waals surface area contributed by atoms with Crippen LogP contribution in [-0.4, -0.2) is 32.0 Å². The molecular formula is C9H16F3NO. The summed E-state index contributed by atoms with van der Waals surface area (Å²) in [6.07, 6.45) is -1.60. The van der Waals surface area contributed by atoms with E-state index in [2.05, 4.69) is 5.32 Å². The molecule has 0 aromatic carbocycles. The van der Waals surface area contributed by atoms with Gasteiger partial charge in [0, 0.05) is 13.2 Å². The molecule has 1 saturated heterocycles. The average Bonchev–Trinajstić information content (AvgIpc) is 2.54. The summed E-state index contributed by atoms with van der Waals surface area (Å²) in [6, 6.07) is 0. The van der Waals surface area contributed by atoms with Crippen LogP contribution in [0.3, 0.4) is 0 Å². The SMILES string of the molecule is FC(F)(F)CCNCCC1CCCO1. The zero-order chi connectivity index (χ0) is 10.4. The van der Waals surface area contributed by atoms with Crippen molar-refractivity contribution in [3.8, 4) is 0 Å². The van der Waals surface area contributed by atoms with E-state index in [1.54, 1.807) is 0 Å². The summed E-state index contributed by atoms with van der Waals surface area (Å²) in [5.74, 6) is 0. The predicted octanol–water partition coefficient (Wildman–Crippen LogP) is 2.10. The summed E-state index contributed by atoms with van der Waals surface area (Å²) < 4.78 is 40.5. The van der Waals surface area contributed by atoms with Gasteiger partial charge in [-0.3, -0.25) is 0 Å². The van der Waals surface area contributed by atoms with Crippen LogP contribution in [-0.2, 0) is 4.74 Å².